The summed E-state index contributed by atoms with van der Waals surface area (Å²) >= 11 is 13.4. The zero-order valence-electron chi connectivity index (χ0n) is 13.8. The number of aromatic nitrogens is 4. The molecule has 2 aromatic heterocycles. The van der Waals surface area contributed by atoms with Crippen molar-refractivity contribution < 1.29 is 4.79 Å². The lowest BCUT2D eigenvalue weighted by atomic mass is 10.2. The normalized spacial score (nSPS) is 10.7. The highest BCUT2D eigenvalue weighted by molar-refractivity contribution is 7.99. The van der Waals surface area contributed by atoms with Gasteiger partial charge in [-0.05, 0) is 31.2 Å². The molecular formula is C17H15Cl2N5OS. The first-order chi connectivity index (χ1) is 12.6. The maximum Gasteiger partial charge on any atom is 0.234 e. The molecule has 6 nitrogen and oxygen atoms in total. The molecule has 0 saturated heterocycles. The Balaban J connectivity index is 1.69. The van der Waals surface area contributed by atoms with Gasteiger partial charge in [0.2, 0.25) is 5.91 Å². The highest BCUT2D eigenvalue weighted by Crippen LogP contribution is 2.30. The molecule has 1 amide bonds. The molecule has 1 aromatic carbocycles. The molecule has 0 saturated carbocycles. The number of carbonyl (C=O) groups excluding carboxylic acids is 1. The van der Waals surface area contributed by atoms with E-state index in [9.17, 15) is 4.79 Å². The largest absolute Gasteiger partial charge is 0.324 e. The van der Waals surface area contributed by atoms with Crippen LogP contribution in [0.25, 0.3) is 11.4 Å². The Kier molecular flexibility index (Phi) is 6.13. The van der Waals surface area contributed by atoms with Gasteiger partial charge in [0.15, 0.2) is 11.0 Å². The first-order valence-corrected chi connectivity index (χ1v) is 9.54. The zero-order chi connectivity index (χ0) is 18.5. The topological polar surface area (TPSA) is 72.7 Å². The van der Waals surface area contributed by atoms with Crippen LogP contribution in [0.1, 0.15) is 6.92 Å². The summed E-state index contributed by atoms with van der Waals surface area (Å²) in [5, 5.41) is 12.6. The van der Waals surface area contributed by atoms with Gasteiger partial charge >= 0.3 is 0 Å². The van der Waals surface area contributed by atoms with Gasteiger partial charge in [0, 0.05) is 24.5 Å². The summed E-state index contributed by atoms with van der Waals surface area (Å²) in [6.45, 7) is 2.69. The summed E-state index contributed by atoms with van der Waals surface area (Å²) in [5.41, 5.74) is 1.41. The van der Waals surface area contributed by atoms with Gasteiger partial charge in [0.05, 0.1) is 21.5 Å². The molecule has 0 spiro atoms. The highest BCUT2D eigenvalue weighted by atomic mass is 35.5. The molecule has 2 heterocycles. The molecule has 0 fully saturated rings. The van der Waals surface area contributed by atoms with Crippen LogP contribution >= 0.6 is 35.0 Å². The first kappa shape index (κ1) is 18.7. The summed E-state index contributed by atoms with van der Waals surface area (Å²) in [6.07, 6.45) is 3.41. The predicted octanol–water partition coefficient (Wildman–Crippen LogP) is 4.40. The van der Waals surface area contributed by atoms with E-state index in [1.807, 2.05) is 23.6 Å². The molecule has 0 bridgehead atoms. The van der Waals surface area contributed by atoms with Gasteiger partial charge in [-0.3, -0.25) is 9.78 Å². The summed E-state index contributed by atoms with van der Waals surface area (Å²) in [5.74, 6) is 0.725. The van der Waals surface area contributed by atoms with E-state index in [0.29, 0.717) is 27.4 Å². The minimum absolute atomic E-state index is 0.178. The third-order valence-electron chi connectivity index (χ3n) is 3.53. The molecule has 3 aromatic rings. The van der Waals surface area contributed by atoms with E-state index in [0.717, 1.165) is 11.4 Å². The molecule has 26 heavy (non-hydrogen) atoms. The van der Waals surface area contributed by atoms with Crippen LogP contribution in [0, 0.1) is 0 Å². The lowest BCUT2D eigenvalue weighted by Gasteiger charge is -2.09. The fraction of sp³-hybridized carbons (Fsp3) is 0.176. The minimum atomic E-state index is -0.199. The van der Waals surface area contributed by atoms with Gasteiger partial charge in [0.1, 0.15) is 0 Å². The van der Waals surface area contributed by atoms with E-state index in [4.69, 9.17) is 23.2 Å². The van der Waals surface area contributed by atoms with E-state index in [1.165, 1.54) is 11.8 Å². The third kappa shape index (κ3) is 4.17. The molecule has 0 aliphatic heterocycles. The van der Waals surface area contributed by atoms with Gasteiger partial charge in [0.25, 0.3) is 0 Å². The van der Waals surface area contributed by atoms with Gasteiger partial charge in [-0.15, -0.1) is 10.2 Å². The summed E-state index contributed by atoms with van der Waals surface area (Å²) < 4.78 is 1.96. The lowest BCUT2D eigenvalue weighted by Crippen LogP contribution is -2.15. The van der Waals surface area contributed by atoms with Crippen LogP contribution < -0.4 is 5.32 Å². The number of carbonyl (C=O) groups is 1. The van der Waals surface area contributed by atoms with Crippen LogP contribution in [0.4, 0.5) is 5.69 Å². The van der Waals surface area contributed by atoms with E-state index in [-0.39, 0.29) is 11.7 Å². The number of amides is 1. The highest BCUT2D eigenvalue weighted by Gasteiger charge is 2.15. The Labute approximate surface area is 164 Å². The van der Waals surface area contributed by atoms with Crippen molar-refractivity contribution in [2.75, 3.05) is 11.1 Å². The predicted molar refractivity (Wildman–Crippen MR) is 105 cm³/mol. The summed E-state index contributed by atoms with van der Waals surface area (Å²) in [4.78, 5) is 16.2. The number of anilines is 1. The van der Waals surface area contributed by atoms with Crippen molar-refractivity contribution in [3.05, 3.63) is 52.8 Å². The quantitative estimate of drug-likeness (QED) is 0.613. The second kappa shape index (κ2) is 8.53. The number of nitrogens with one attached hydrogen (secondary N) is 1. The lowest BCUT2D eigenvalue weighted by molar-refractivity contribution is -0.113. The maximum absolute atomic E-state index is 12.2. The summed E-state index contributed by atoms with van der Waals surface area (Å²) in [7, 11) is 0. The summed E-state index contributed by atoms with van der Waals surface area (Å²) in [6, 6.07) is 8.84. The Morgan fingerprint density at radius 1 is 1.19 bits per heavy atom. The van der Waals surface area contributed by atoms with E-state index in [2.05, 4.69) is 20.5 Å². The van der Waals surface area contributed by atoms with E-state index in [1.54, 1.807) is 30.6 Å². The number of nitrogens with zero attached hydrogens (tertiary/aromatic N) is 4. The number of hydrogen-bond acceptors (Lipinski definition) is 5. The third-order valence-corrected chi connectivity index (χ3v) is 5.32. The molecule has 1 N–H and O–H groups in total. The fourth-order valence-corrected chi connectivity index (χ4v) is 3.46. The monoisotopic (exact) mass is 407 g/mol. The van der Waals surface area contributed by atoms with Crippen LogP contribution in [0.3, 0.4) is 0 Å². The molecule has 9 heteroatoms. The second-order valence-corrected chi connectivity index (χ2v) is 6.95. The second-order valence-electron chi connectivity index (χ2n) is 5.22. The average molecular weight is 408 g/mol. The number of benzene rings is 1. The zero-order valence-corrected chi connectivity index (χ0v) is 16.1. The van der Waals surface area contributed by atoms with Gasteiger partial charge in [-0.25, -0.2) is 0 Å². The standard InChI is InChI=1S/C17H15Cl2N5OS/c1-2-24-16(11-6-8-20-9-7-11)22-23-17(24)26-10-14(25)21-13-5-3-4-12(18)15(13)19/h3-9H,2,10H2,1H3,(H,21,25). The number of pyridine rings is 1. The van der Waals surface area contributed by atoms with Crippen LogP contribution in [-0.2, 0) is 11.3 Å². The Hall–Kier alpha value is -2.09. The van der Waals surface area contributed by atoms with E-state index >= 15 is 0 Å². The molecule has 0 unspecified atom stereocenters. The Morgan fingerprint density at radius 3 is 2.69 bits per heavy atom. The molecule has 134 valence electrons. The van der Waals surface area contributed by atoms with Crippen molar-refractivity contribution in [1.82, 2.24) is 19.7 Å². The van der Waals surface area contributed by atoms with Crippen LogP contribution in [0.15, 0.2) is 47.9 Å². The van der Waals surface area contributed by atoms with Crippen molar-refractivity contribution in [3.63, 3.8) is 0 Å². The smallest absolute Gasteiger partial charge is 0.234 e. The van der Waals surface area contributed by atoms with Crippen molar-refractivity contribution in [1.29, 1.82) is 0 Å². The Bertz CT molecular complexity index is 917. The fourth-order valence-electron chi connectivity index (χ4n) is 2.31. The Morgan fingerprint density at radius 2 is 1.96 bits per heavy atom. The van der Waals surface area contributed by atoms with Crippen molar-refractivity contribution in [3.8, 4) is 11.4 Å². The molecule has 0 aliphatic carbocycles. The molecule has 0 atom stereocenters. The van der Waals surface area contributed by atoms with E-state index < -0.39 is 0 Å². The van der Waals surface area contributed by atoms with Crippen molar-refractivity contribution in [2.24, 2.45) is 0 Å². The SMILES string of the molecule is CCn1c(SCC(=O)Nc2cccc(Cl)c2Cl)nnc1-c1ccncc1. The van der Waals surface area contributed by atoms with Crippen LogP contribution in [0.5, 0.6) is 0 Å². The number of rotatable bonds is 6. The molecular weight excluding hydrogens is 393 g/mol. The molecule has 0 radical (unpaired) electrons. The molecule has 0 aliphatic rings. The van der Waals surface area contributed by atoms with Crippen LogP contribution in [0.2, 0.25) is 10.0 Å². The number of thioether (sulfide) groups is 1. The maximum atomic E-state index is 12.2. The van der Waals surface area contributed by atoms with Crippen molar-refractivity contribution >= 4 is 46.6 Å². The number of hydrogen-bond donors (Lipinski definition) is 1. The first-order valence-electron chi connectivity index (χ1n) is 7.80. The van der Waals surface area contributed by atoms with Crippen molar-refractivity contribution in [2.45, 2.75) is 18.6 Å². The van der Waals surface area contributed by atoms with Crippen LogP contribution in [-0.4, -0.2) is 31.4 Å². The van der Waals surface area contributed by atoms with Gasteiger partial charge in [-0.2, -0.15) is 0 Å². The minimum Gasteiger partial charge on any atom is -0.324 e. The average Bonchev–Trinajstić information content (AvgIpc) is 3.07. The van der Waals surface area contributed by atoms with Gasteiger partial charge < -0.3 is 9.88 Å². The van der Waals surface area contributed by atoms with Gasteiger partial charge in [-0.1, -0.05) is 41.0 Å². The number of halogens is 2. The molecule has 3 rings (SSSR count).